The van der Waals surface area contributed by atoms with E-state index in [1.165, 1.54) is 5.56 Å². The van der Waals surface area contributed by atoms with Gasteiger partial charge in [0.1, 0.15) is 0 Å². The summed E-state index contributed by atoms with van der Waals surface area (Å²) < 4.78 is 46.6. The molecule has 0 spiro atoms. The minimum Gasteiger partial charge on any atom is -0.653 e. The van der Waals surface area contributed by atoms with Crippen LogP contribution in [0.1, 0.15) is 116 Å². The van der Waals surface area contributed by atoms with E-state index in [1.54, 1.807) is 23.5 Å². The number of aliphatic hydroxyl groups excluding tert-OH is 2. The molecule has 249 valence electrons. The van der Waals surface area contributed by atoms with E-state index >= 15 is 0 Å². The van der Waals surface area contributed by atoms with Crippen molar-refractivity contribution >= 4 is 17.0 Å². The van der Waals surface area contributed by atoms with Gasteiger partial charge in [-0.1, -0.05) is 73.8 Å². The third-order valence-corrected chi connectivity index (χ3v) is 10.2. The van der Waals surface area contributed by atoms with E-state index in [0.29, 0.717) is 12.3 Å². The van der Waals surface area contributed by atoms with Crippen LogP contribution in [0.4, 0.5) is 0 Å². The summed E-state index contributed by atoms with van der Waals surface area (Å²) in [6.07, 6.45) is 11.5. The van der Waals surface area contributed by atoms with Crippen LogP contribution in [-0.2, 0) is 44.2 Å². The quantitative estimate of drug-likeness (QED) is 0.193. The largest absolute Gasteiger partial charge is 0.653 e. The molecule has 0 aromatic carbocycles. The van der Waals surface area contributed by atoms with Crippen LogP contribution in [-0.4, -0.2) is 34.3 Å². The first-order chi connectivity index (χ1) is 22.5. The van der Waals surface area contributed by atoms with Crippen molar-refractivity contribution < 1.29 is 41.9 Å². The maximum absolute atomic E-state index is 9.88. The zero-order chi connectivity index (χ0) is 35.6. The zero-order valence-electron chi connectivity index (χ0n) is 32.5. The molecule has 5 atom stereocenters. The van der Waals surface area contributed by atoms with Crippen molar-refractivity contribution in [3.05, 3.63) is 68.4 Å². The van der Waals surface area contributed by atoms with Crippen molar-refractivity contribution in [3.8, 4) is 0 Å². The molecule has 0 amide bonds. The van der Waals surface area contributed by atoms with E-state index in [4.69, 9.17) is 16.9 Å². The monoisotopic (exact) mass is 806 g/mol. The van der Waals surface area contributed by atoms with Crippen LogP contribution in [0.5, 0.6) is 0 Å². The summed E-state index contributed by atoms with van der Waals surface area (Å²) in [5.74, 6) is 2.03. The van der Waals surface area contributed by atoms with E-state index in [-0.39, 0.29) is 55.5 Å². The molecule has 0 saturated carbocycles. The topological polar surface area (TPSA) is 76.2 Å². The second-order valence-electron chi connectivity index (χ2n) is 13.3. The number of nitrogens with zero attached hydrogens (tertiary/aromatic N) is 2. The van der Waals surface area contributed by atoms with Gasteiger partial charge in [0.25, 0.3) is 0 Å². The van der Waals surface area contributed by atoms with Gasteiger partial charge in [0, 0.05) is 49.4 Å². The second kappa shape index (κ2) is 16.5. The number of dihydropyridines is 1. The molecular weight excluding hydrogens is 745 g/mol. The van der Waals surface area contributed by atoms with Crippen molar-refractivity contribution in [1.29, 1.82) is 0 Å². The Morgan fingerprint density at radius 3 is 2.61 bits per heavy atom. The molecule has 1 aliphatic carbocycles. The zero-order valence-corrected chi connectivity index (χ0v) is 30.7. The standard InChI is InChI=1S/C24H30N2OS.C13H26O2.Ir/c1-14-8-9-18-17-6-5-7-19(22(17)27-23(18)26-14)20-11-15-10-16(12-24(2,3)4)28-21(15)13-25-20;1-5-10(6-2)12(14)9-13(15)11(7-3)8-4;/h7-10,17-18,20,23H,5-6,11-13H2,1-4H3;9-12,14-15H,5-8H2,1-4H3;/q-2;;/b;13-9-;/t17-,18?,20+,23-;12-;/m01./s1/i1D3,12D2;;. The van der Waals surface area contributed by atoms with Gasteiger partial charge >= 0.3 is 0 Å². The molecule has 1 saturated heterocycles. The Hall–Kier alpha value is -1.37. The second-order valence-corrected chi connectivity index (χ2v) is 14.5. The normalized spacial score (nSPS) is 27.5. The summed E-state index contributed by atoms with van der Waals surface area (Å²) in [5.41, 5.74) is 1.92. The summed E-state index contributed by atoms with van der Waals surface area (Å²) >= 11 is 1.55. The van der Waals surface area contributed by atoms with Crippen LogP contribution in [0.2, 0.25) is 0 Å². The van der Waals surface area contributed by atoms with E-state index in [1.807, 2.05) is 32.9 Å². The Bertz CT molecular complexity index is 1390. The average molecular weight is 806 g/mol. The average Bonchev–Trinajstić information content (AvgIpc) is 3.63. The van der Waals surface area contributed by atoms with E-state index in [9.17, 15) is 10.2 Å². The van der Waals surface area contributed by atoms with Gasteiger partial charge in [0.05, 0.1) is 11.9 Å². The fraction of sp³-hybridized carbons (Fsp3) is 0.676. The molecule has 1 aromatic heterocycles. The minimum absolute atomic E-state index is 0. The number of ether oxygens (including phenoxy) is 1. The van der Waals surface area contributed by atoms with Crippen LogP contribution in [0.3, 0.4) is 0 Å². The predicted molar refractivity (Wildman–Crippen MR) is 182 cm³/mol. The number of thiophene rings is 1. The van der Waals surface area contributed by atoms with Gasteiger partial charge in [-0.05, 0) is 84.2 Å². The molecule has 1 radical (unpaired) electrons. The molecule has 5 nitrogen and oxygen atoms in total. The molecule has 1 aromatic rings. The smallest absolute Gasteiger partial charge is 0.175 e. The van der Waals surface area contributed by atoms with Gasteiger partial charge in [-0.15, -0.1) is 30.3 Å². The maximum Gasteiger partial charge on any atom is 0.175 e. The summed E-state index contributed by atoms with van der Waals surface area (Å²) in [6, 6.07) is 2.03. The van der Waals surface area contributed by atoms with Crippen LogP contribution in [0.15, 0.2) is 46.4 Å². The number of hydrogen-bond acceptors (Lipinski definition) is 5. The first kappa shape index (κ1) is 30.0. The number of aliphatic hydroxyl groups is 2. The first-order valence-corrected chi connectivity index (χ1v) is 17.2. The van der Waals surface area contributed by atoms with Crippen LogP contribution >= 0.6 is 11.3 Å². The minimum atomic E-state index is -2.23. The SMILES string of the molecule is CCC(CC)/C(O)=C/[C@@H](O)C(CC)CC.[2H]C([2H])([2H])C1=N[C@H]2OC3=C([C@H]4Cc5cc(C([2H])([2H])C(C)(C)C)sc5C[N-]4)[CH-]CC[C@H]3C2C=C1.[Ir]. The number of allylic oxidation sites excluding steroid dienone is 3. The van der Waals surface area contributed by atoms with E-state index < -0.39 is 31.0 Å². The molecule has 1 fully saturated rings. The van der Waals surface area contributed by atoms with Crippen LogP contribution < -0.4 is 0 Å². The van der Waals surface area contributed by atoms with Crippen molar-refractivity contribution in [2.45, 2.75) is 132 Å². The molecule has 44 heavy (non-hydrogen) atoms. The van der Waals surface area contributed by atoms with Gasteiger partial charge in [-0.2, -0.15) is 5.57 Å². The Balaban J connectivity index is 0.000000347. The fourth-order valence-electron chi connectivity index (χ4n) is 6.62. The first-order valence-electron chi connectivity index (χ1n) is 18.8. The van der Waals surface area contributed by atoms with Gasteiger partial charge in [-0.25, -0.2) is 11.4 Å². The van der Waals surface area contributed by atoms with Gasteiger partial charge in [0.2, 0.25) is 0 Å². The third kappa shape index (κ3) is 9.12. The van der Waals surface area contributed by atoms with Crippen LogP contribution in [0, 0.1) is 35.5 Å². The van der Waals surface area contributed by atoms with Crippen molar-refractivity contribution in [1.82, 2.24) is 0 Å². The van der Waals surface area contributed by atoms with Gasteiger partial charge in [-0.3, -0.25) is 0 Å². The summed E-state index contributed by atoms with van der Waals surface area (Å²) in [5, 5.41) is 24.7. The van der Waals surface area contributed by atoms with Gasteiger partial charge < -0.3 is 20.3 Å². The van der Waals surface area contributed by atoms with Gasteiger partial charge in [0.15, 0.2) is 6.23 Å². The predicted octanol–water partition coefficient (Wildman–Crippen LogP) is 9.67. The number of aliphatic imine (C=N–C) groups is 1. The third-order valence-electron chi connectivity index (χ3n) is 9.15. The van der Waals surface area contributed by atoms with Crippen molar-refractivity contribution in [2.75, 3.05) is 0 Å². The molecule has 1 unspecified atom stereocenters. The molecule has 4 heterocycles. The molecule has 7 heteroatoms. The molecule has 0 bridgehead atoms. The summed E-state index contributed by atoms with van der Waals surface area (Å²) in [7, 11) is 0. The Morgan fingerprint density at radius 2 is 1.98 bits per heavy atom. The van der Waals surface area contributed by atoms with Crippen molar-refractivity contribution in [3.63, 3.8) is 0 Å². The molecular formula is C37H56IrN2O3S-2. The van der Waals surface area contributed by atoms with Crippen LogP contribution in [0.25, 0.3) is 5.32 Å². The van der Waals surface area contributed by atoms with Crippen molar-refractivity contribution in [2.24, 2.45) is 34.1 Å². The molecule has 2 N–H and O–H groups in total. The number of hydrogen-bond donors (Lipinski definition) is 2. The van der Waals surface area contributed by atoms with E-state index in [0.717, 1.165) is 66.0 Å². The molecule has 3 aliphatic heterocycles. The Morgan fingerprint density at radius 1 is 1.25 bits per heavy atom. The van der Waals surface area contributed by atoms with E-state index in [2.05, 4.69) is 39.1 Å². The number of fused-ring (bicyclic) bond motifs is 4. The fourth-order valence-corrected chi connectivity index (χ4v) is 7.86. The summed E-state index contributed by atoms with van der Waals surface area (Å²) in [4.78, 5) is 6.37. The number of rotatable bonds is 9. The summed E-state index contributed by atoms with van der Waals surface area (Å²) in [6.45, 7) is 12.4. The molecule has 4 aliphatic rings. The Kier molecular flexibility index (Phi) is 11.2. The Labute approximate surface area is 292 Å². The maximum atomic E-state index is 9.88. The molecule has 5 rings (SSSR count).